The van der Waals surface area contributed by atoms with Gasteiger partial charge in [0.15, 0.2) is 11.6 Å². The van der Waals surface area contributed by atoms with Crippen LogP contribution in [0.3, 0.4) is 0 Å². The van der Waals surface area contributed by atoms with Gasteiger partial charge in [0.2, 0.25) is 0 Å². The van der Waals surface area contributed by atoms with Gasteiger partial charge in [0, 0.05) is 35.9 Å². The fourth-order valence-electron chi connectivity index (χ4n) is 4.12. The largest absolute Gasteiger partial charge is 0.494 e. The van der Waals surface area contributed by atoms with Gasteiger partial charge in [0.05, 0.1) is 12.8 Å². The molecule has 0 atom stereocenters. The molecular formula is C30H29F3N6O4S. The van der Waals surface area contributed by atoms with Gasteiger partial charge >= 0.3 is 0 Å². The van der Waals surface area contributed by atoms with E-state index in [0.29, 0.717) is 34.4 Å². The SMILES string of the molecule is CCOCC.COc1cc(-c2cccc(NS(=O)(=O)c3cc(F)ccc3F)c2F)cc2c(N)nc(-c3ccc(N)nc3)nc12. The summed E-state index contributed by atoms with van der Waals surface area (Å²) in [6.07, 6.45) is 1.49. The van der Waals surface area contributed by atoms with Gasteiger partial charge in [-0.2, -0.15) is 0 Å². The number of rotatable bonds is 8. The summed E-state index contributed by atoms with van der Waals surface area (Å²) in [6, 6.07) is 12.2. The van der Waals surface area contributed by atoms with Crippen molar-refractivity contribution >= 4 is 38.2 Å². The maximum atomic E-state index is 15.6. The van der Waals surface area contributed by atoms with Crippen molar-refractivity contribution in [1.82, 2.24) is 15.0 Å². The highest BCUT2D eigenvalue weighted by Gasteiger charge is 2.23. The minimum Gasteiger partial charge on any atom is -0.494 e. The van der Waals surface area contributed by atoms with Gasteiger partial charge in [0.1, 0.15) is 39.4 Å². The lowest BCUT2D eigenvalue weighted by molar-refractivity contribution is 0.162. The molecular weight excluding hydrogens is 597 g/mol. The zero-order chi connectivity index (χ0) is 32.0. The number of ether oxygens (including phenoxy) is 2. The molecule has 0 radical (unpaired) electrons. The van der Waals surface area contributed by atoms with E-state index in [-0.39, 0.29) is 28.5 Å². The lowest BCUT2D eigenvalue weighted by Gasteiger charge is -2.14. The minimum atomic E-state index is -4.66. The van der Waals surface area contributed by atoms with Crippen molar-refractivity contribution in [3.05, 3.63) is 84.3 Å². The molecule has 0 saturated heterocycles. The highest BCUT2D eigenvalue weighted by molar-refractivity contribution is 7.92. The Morgan fingerprint density at radius 3 is 2.30 bits per heavy atom. The monoisotopic (exact) mass is 626 g/mol. The number of benzene rings is 3. The third-order valence-corrected chi connectivity index (χ3v) is 7.59. The minimum absolute atomic E-state index is 0.0266. The van der Waals surface area contributed by atoms with Crippen molar-refractivity contribution in [3.63, 3.8) is 0 Å². The van der Waals surface area contributed by atoms with Crippen LogP contribution in [0.1, 0.15) is 13.8 Å². The van der Waals surface area contributed by atoms with Gasteiger partial charge in [-0.25, -0.2) is 36.5 Å². The van der Waals surface area contributed by atoms with Crippen LogP contribution in [0, 0.1) is 17.5 Å². The van der Waals surface area contributed by atoms with Crippen molar-refractivity contribution in [2.24, 2.45) is 0 Å². The second-order valence-electron chi connectivity index (χ2n) is 9.11. The van der Waals surface area contributed by atoms with Crippen LogP contribution in [-0.2, 0) is 14.8 Å². The van der Waals surface area contributed by atoms with Crippen molar-refractivity contribution < 1.29 is 31.1 Å². The second kappa shape index (κ2) is 13.6. The summed E-state index contributed by atoms with van der Waals surface area (Å²) in [5, 5.41) is 0.351. The first-order valence-electron chi connectivity index (χ1n) is 13.2. The van der Waals surface area contributed by atoms with Gasteiger partial charge in [-0.1, -0.05) is 12.1 Å². The van der Waals surface area contributed by atoms with E-state index < -0.39 is 38.1 Å². The predicted octanol–water partition coefficient (Wildman–Crippen LogP) is 5.79. The molecule has 0 amide bonds. The Hall–Kier alpha value is -4.95. The molecule has 44 heavy (non-hydrogen) atoms. The average Bonchev–Trinajstić information content (AvgIpc) is 3.00. The number of nitrogens with zero attached hydrogens (tertiary/aromatic N) is 3. The number of sulfonamides is 1. The van der Waals surface area contributed by atoms with E-state index in [2.05, 4.69) is 15.0 Å². The smallest absolute Gasteiger partial charge is 0.265 e. The molecule has 0 saturated carbocycles. The molecule has 3 aromatic carbocycles. The first-order valence-corrected chi connectivity index (χ1v) is 14.7. The van der Waals surface area contributed by atoms with E-state index in [1.54, 1.807) is 12.1 Å². The van der Waals surface area contributed by atoms with Gasteiger partial charge in [-0.3, -0.25) is 4.72 Å². The van der Waals surface area contributed by atoms with Crippen LogP contribution < -0.4 is 20.9 Å². The summed E-state index contributed by atoms with van der Waals surface area (Å²) in [4.78, 5) is 11.9. The number of nitrogens with two attached hydrogens (primary N) is 2. The van der Waals surface area contributed by atoms with E-state index in [9.17, 15) is 17.2 Å². The topological polar surface area (TPSA) is 155 Å². The average molecular weight is 627 g/mol. The fraction of sp³-hybridized carbons (Fsp3) is 0.167. The number of anilines is 3. The maximum Gasteiger partial charge on any atom is 0.265 e. The van der Waals surface area contributed by atoms with Crippen LogP contribution >= 0.6 is 0 Å². The van der Waals surface area contributed by atoms with Gasteiger partial charge in [-0.15, -0.1) is 0 Å². The molecule has 0 unspecified atom stereocenters. The Balaban J connectivity index is 0.000000818. The van der Waals surface area contributed by atoms with Gasteiger partial charge < -0.3 is 20.9 Å². The molecule has 0 aliphatic rings. The highest BCUT2D eigenvalue weighted by Crippen LogP contribution is 2.37. The number of nitrogen functional groups attached to an aromatic ring is 2. The van der Waals surface area contributed by atoms with E-state index in [0.717, 1.165) is 25.3 Å². The number of halogens is 3. The lowest BCUT2D eigenvalue weighted by atomic mass is 10.0. The number of nitrogens with one attached hydrogen (secondary N) is 1. The van der Waals surface area contributed by atoms with Crippen molar-refractivity contribution in [2.75, 3.05) is 36.5 Å². The third kappa shape index (κ3) is 6.98. The Bertz CT molecular complexity index is 1910. The van der Waals surface area contributed by atoms with Crippen molar-refractivity contribution in [1.29, 1.82) is 0 Å². The summed E-state index contributed by atoms with van der Waals surface area (Å²) < 4.78 is 81.0. The zero-order valence-electron chi connectivity index (χ0n) is 23.9. The molecule has 0 spiro atoms. The molecule has 0 fully saturated rings. The quantitative estimate of drug-likeness (QED) is 0.194. The van der Waals surface area contributed by atoms with Gasteiger partial charge in [0.25, 0.3) is 10.0 Å². The molecule has 230 valence electrons. The molecule has 5 rings (SSSR count). The molecule has 14 heteroatoms. The number of pyridine rings is 1. The molecule has 5 N–H and O–H groups in total. The van der Waals surface area contributed by atoms with E-state index in [1.807, 2.05) is 18.6 Å². The van der Waals surface area contributed by atoms with Crippen molar-refractivity contribution in [3.8, 4) is 28.3 Å². The first-order chi connectivity index (χ1) is 21.0. The Morgan fingerprint density at radius 1 is 0.909 bits per heavy atom. The predicted molar refractivity (Wildman–Crippen MR) is 163 cm³/mol. The second-order valence-corrected chi connectivity index (χ2v) is 10.8. The normalized spacial score (nSPS) is 11.1. The number of fused-ring (bicyclic) bond motifs is 1. The Morgan fingerprint density at radius 2 is 1.66 bits per heavy atom. The highest BCUT2D eigenvalue weighted by atomic mass is 32.2. The number of hydrogen-bond donors (Lipinski definition) is 3. The fourth-order valence-corrected chi connectivity index (χ4v) is 5.27. The summed E-state index contributed by atoms with van der Waals surface area (Å²) in [6.45, 7) is 5.67. The number of aromatic nitrogens is 3. The third-order valence-electron chi connectivity index (χ3n) is 6.20. The van der Waals surface area contributed by atoms with Crippen LogP contribution in [0.4, 0.5) is 30.5 Å². The van der Waals surface area contributed by atoms with Crippen LogP contribution in [0.15, 0.2) is 71.8 Å². The number of methoxy groups -OCH3 is 1. The molecule has 5 aromatic rings. The first kappa shape index (κ1) is 32.0. The zero-order valence-corrected chi connectivity index (χ0v) is 24.8. The molecule has 10 nitrogen and oxygen atoms in total. The lowest BCUT2D eigenvalue weighted by Crippen LogP contribution is -2.16. The molecule has 2 aromatic heterocycles. The summed E-state index contributed by atoms with van der Waals surface area (Å²) in [5.41, 5.74) is 12.5. The molecule has 0 aliphatic carbocycles. The number of hydrogen-bond acceptors (Lipinski definition) is 9. The Labute approximate surface area is 251 Å². The van der Waals surface area contributed by atoms with Crippen molar-refractivity contribution in [2.45, 2.75) is 18.7 Å². The summed E-state index contributed by atoms with van der Waals surface area (Å²) in [5.74, 6) is -2.22. The summed E-state index contributed by atoms with van der Waals surface area (Å²) in [7, 11) is -3.26. The van der Waals surface area contributed by atoms with E-state index in [1.165, 1.54) is 37.6 Å². The molecule has 0 bridgehead atoms. The van der Waals surface area contributed by atoms with Crippen LogP contribution in [0.25, 0.3) is 33.4 Å². The van der Waals surface area contributed by atoms with Crippen LogP contribution in [0.2, 0.25) is 0 Å². The van der Waals surface area contributed by atoms with Crippen LogP contribution in [-0.4, -0.2) is 43.7 Å². The maximum absolute atomic E-state index is 15.6. The summed E-state index contributed by atoms with van der Waals surface area (Å²) >= 11 is 0. The van der Waals surface area contributed by atoms with Crippen LogP contribution in [0.5, 0.6) is 5.75 Å². The van der Waals surface area contributed by atoms with E-state index in [4.69, 9.17) is 20.9 Å². The standard InChI is InChI=1S/C26H19F3N6O3S.C4H10O/c1-38-20-10-14(9-17-24(20)33-26(34-25(17)31)13-5-8-22(30)32-12-13)16-3-2-4-19(23(16)29)35-39(36,37)21-11-15(27)6-7-18(21)28;1-3-5-4-2/h2-12,35H,1H3,(H2,30,32)(H2,31,33,34);3-4H2,1-2H3. The van der Waals surface area contributed by atoms with Gasteiger partial charge in [-0.05, 0) is 67.9 Å². The molecule has 2 heterocycles. The Kier molecular flexibility index (Phi) is 9.86. The molecule has 0 aliphatic heterocycles. The van der Waals surface area contributed by atoms with E-state index >= 15 is 4.39 Å².